The molecule has 20 heavy (non-hydrogen) atoms. The van der Waals surface area contributed by atoms with E-state index in [4.69, 9.17) is 10.4 Å². The van der Waals surface area contributed by atoms with Crippen molar-refractivity contribution in [3.05, 3.63) is 24.3 Å². The summed E-state index contributed by atoms with van der Waals surface area (Å²) in [6.07, 6.45) is 0. The van der Waals surface area contributed by atoms with Crippen molar-refractivity contribution in [1.82, 2.24) is 0 Å². The molecule has 2 amide bonds. The third kappa shape index (κ3) is 4.23. The average Bonchev–Trinajstić information content (AvgIpc) is 2.26. The van der Waals surface area contributed by atoms with Crippen LogP contribution in [-0.4, -0.2) is 34.5 Å². The number of carbonyl (C=O) groups excluding carboxylic acids is 1. The lowest BCUT2D eigenvalue weighted by atomic mass is 9.76. The zero-order valence-corrected chi connectivity index (χ0v) is 12.2. The molecule has 7 heteroatoms. The van der Waals surface area contributed by atoms with Crippen molar-refractivity contribution < 1.29 is 19.6 Å². The number of anilines is 1. The van der Waals surface area contributed by atoms with Gasteiger partial charge in [0.05, 0.1) is 11.2 Å². The zero-order valence-electron chi connectivity index (χ0n) is 12.2. The van der Waals surface area contributed by atoms with Crippen molar-refractivity contribution >= 4 is 24.3 Å². The molecule has 1 aromatic rings. The fraction of sp³-hybridized carbons (Fsp3) is 0.462. The van der Waals surface area contributed by atoms with E-state index in [1.807, 2.05) is 0 Å². The summed E-state index contributed by atoms with van der Waals surface area (Å²) in [6, 6.07) is 5.76. The molecular weight excluding hydrogens is 259 g/mol. The van der Waals surface area contributed by atoms with Crippen LogP contribution in [0.2, 0.25) is 0 Å². The Balaban J connectivity index is 2.78. The first-order valence-electron chi connectivity index (χ1n) is 6.27. The van der Waals surface area contributed by atoms with Crippen LogP contribution >= 0.6 is 0 Å². The van der Waals surface area contributed by atoms with Crippen molar-refractivity contribution in [3.63, 3.8) is 0 Å². The van der Waals surface area contributed by atoms with Gasteiger partial charge in [-0.15, -0.1) is 0 Å². The van der Waals surface area contributed by atoms with Crippen LogP contribution < -0.4 is 16.5 Å². The number of aliphatic hydroxyl groups is 1. The third-order valence-electron chi connectivity index (χ3n) is 3.34. The first-order chi connectivity index (χ1) is 9.03. The van der Waals surface area contributed by atoms with Crippen LogP contribution in [0.3, 0.4) is 0 Å². The van der Waals surface area contributed by atoms with Gasteiger partial charge in [-0.3, -0.25) is 0 Å². The molecule has 0 aliphatic rings. The standard InChI is InChI=1S/C13H21BN2O4/c1-12(2,18)13(3,4)20-14(19)9-5-7-10(8-6-9)16-11(15)17/h5-8,18-19H,1-4H3,(H3,15,16,17). The summed E-state index contributed by atoms with van der Waals surface area (Å²) >= 11 is 0. The molecule has 110 valence electrons. The van der Waals surface area contributed by atoms with Crippen molar-refractivity contribution in [2.24, 2.45) is 5.73 Å². The number of amides is 2. The normalized spacial score (nSPS) is 12.1. The molecule has 0 unspecified atom stereocenters. The maximum absolute atomic E-state index is 10.7. The molecule has 0 aromatic heterocycles. The number of nitrogens with one attached hydrogen (secondary N) is 1. The smallest absolute Gasteiger partial charge is 0.423 e. The van der Waals surface area contributed by atoms with Gasteiger partial charge in [0.15, 0.2) is 0 Å². The lowest BCUT2D eigenvalue weighted by Crippen LogP contribution is -2.53. The van der Waals surface area contributed by atoms with Gasteiger partial charge in [0, 0.05) is 5.69 Å². The van der Waals surface area contributed by atoms with E-state index in [0.29, 0.717) is 11.2 Å². The second-order valence-electron chi connectivity index (χ2n) is 5.65. The molecular formula is C13H21BN2O4. The van der Waals surface area contributed by atoms with Crippen molar-refractivity contribution in [2.75, 3.05) is 5.32 Å². The van der Waals surface area contributed by atoms with E-state index in [1.54, 1.807) is 52.0 Å². The van der Waals surface area contributed by atoms with Crippen LogP contribution in [0.1, 0.15) is 27.7 Å². The van der Waals surface area contributed by atoms with Gasteiger partial charge >= 0.3 is 13.1 Å². The molecule has 0 spiro atoms. The molecule has 0 aliphatic carbocycles. The zero-order chi connectivity index (χ0) is 15.6. The molecule has 0 radical (unpaired) electrons. The number of hydrogen-bond donors (Lipinski definition) is 4. The van der Waals surface area contributed by atoms with Gasteiger partial charge in [0.2, 0.25) is 0 Å². The fourth-order valence-electron chi connectivity index (χ4n) is 1.36. The van der Waals surface area contributed by atoms with E-state index in [-0.39, 0.29) is 0 Å². The van der Waals surface area contributed by atoms with Crippen LogP contribution in [0.5, 0.6) is 0 Å². The van der Waals surface area contributed by atoms with Gasteiger partial charge in [-0.25, -0.2) is 4.79 Å². The molecule has 0 bridgehead atoms. The number of urea groups is 1. The molecule has 0 fully saturated rings. The fourth-order valence-corrected chi connectivity index (χ4v) is 1.36. The van der Waals surface area contributed by atoms with Gasteiger partial charge in [-0.1, -0.05) is 12.1 Å². The maximum Gasteiger partial charge on any atom is 0.491 e. The first kappa shape index (κ1) is 16.5. The van der Waals surface area contributed by atoms with Crippen LogP contribution in [-0.2, 0) is 4.65 Å². The maximum atomic E-state index is 10.7. The minimum Gasteiger partial charge on any atom is -0.423 e. The van der Waals surface area contributed by atoms with Crippen molar-refractivity contribution in [2.45, 2.75) is 38.9 Å². The third-order valence-corrected chi connectivity index (χ3v) is 3.34. The number of hydrogen-bond acceptors (Lipinski definition) is 4. The first-order valence-corrected chi connectivity index (χ1v) is 6.27. The highest BCUT2D eigenvalue weighted by molar-refractivity contribution is 6.60. The summed E-state index contributed by atoms with van der Waals surface area (Å²) in [5, 5.41) is 22.5. The Morgan fingerprint density at radius 3 is 2.15 bits per heavy atom. The quantitative estimate of drug-likeness (QED) is 0.587. The Morgan fingerprint density at radius 1 is 1.25 bits per heavy atom. The van der Waals surface area contributed by atoms with Crippen molar-refractivity contribution in [1.29, 1.82) is 0 Å². The summed E-state index contributed by atoms with van der Waals surface area (Å²) in [5.41, 5.74) is 3.99. The number of benzene rings is 1. The van der Waals surface area contributed by atoms with Gasteiger partial charge in [0.25, 0.3) is 0 Å². The van der Waals surface area contributed by atoms with E-state index in [0.717, 1.165) is 0 Å². The number of rotatable bonds is 5. The topological polar surface area (TPSA) is 105 Å². The lowest BCUT2D eigenvalue weighted by molar-refractivity contribution is -0.0982. The molecule has 1 aromatic carbocycles. The Hall–Kier alpha value is -1.57. The van der Waals surface area contributed by atoms with Crippen LogP contribution in [0, 0.1) is 0 Å². The van der Waals surface area contributed by atoms with Gasteiger partial charge in [-0.2, -0.15) is 0 Å². The predicted octanol–water partition coefficient (Wildman–Crippen LogP) is 0.431. The summed E-state index contributed by atoms with van der Waals surface area (Å²) < 4.78 is 5.50. The summed E-state index contributed by atoms with van der Waals surface area (Å²) in [5.74, 6) is 0. The highest BCUT2D eigenvalue weighted by Crippen LogP contribution is 2.25. The number of carbonyl (C=O) groups is 1. The molecule has 5 N–H and O–H groups in total. The second kappa shape index (κ2) is 5.82. The SMILES string of the molecule is CC(C)(O)C(C)(C)OB(O)c1ccc(NC(N)=O)cc1. The summed E-state index contributed by atoms with van der Waals surface area (Å²) in [7, 11) is -1.18. The molecule has 6 nitrogen and oxygen atoms in total. The molecule has 0 heterocycles. The predicted molar refractivity (Wildman–Crippen MR) is 78.7 cm³/mol. The van der Waals surface area contributed by atoms with Crippen molar-refractivity contribution in [3.8, 4) is 0 Å². The average molecular weight is 280 g/mol. The van der Waals surface area contributed by atoms with Gasteiger partial charge in [0.1, 0.15) is 0 Å². The lowest BCUT2D eigenvalue weighted by Gasteiger charge is -2.38. The van der Waals surface area contributed by atoms with E-state index < -0.39 is 24.4 Å². The molecule has 0 aliphatic heterocycles. The molecule has 0 saturated heterocycles. The second-order valence-corrected chi connectivity index (χ2v) is 5.65. The monoisotopic (exact) mass is 280 g/mol. The largest absolute Gasteiger partial charge is 0.491 e. The van der Waals surface area contributed by atoms with E-state index in [1.165, 1.54) is 0 Å². The Bertz CT molecular complexity index is 468. The van der Waals surface area contributed by atoms with E-state index in [9.17, 15) is 14.9 Å². The minimum atomic E-state index is -1.18. The Morgan fingerprint density at radius 2 is 1.75 bits per heavy atom. The van der Waals surface area contributed by atoms with Crippen LogP contribution in [0.25, 0.3) is 0 Å². The number of primary amides is 1. The Labute approximate surface area is 119 Å². The number of nitrogens with two attached hydrogens (primary N) is 1. The van der Waals surface area contributed by atoms with E-state index >= 15 is 0 Å². The Kier molecular flexibility index (Phi) is 4.80. The van der Waals surface area contributed by atoms with E-state index in [2.05, 4.69) is 5.32 Å². The summed E-state index contributed by atoms with van der Waals surface area (Å²) in [6.45, 7) is 6.61. The van der Waals surface area contributed by atoms with Gasteiger partial charge < -0.3 is 25.8 Å². The summed E-state index contributed by atoms with van der Waals surface area (Å²) in [4.78, 5) is 10.7. The molecule has 1 rings (SSSR count). The highest BCUT2D eigenvalue weighted by atomic mass is 16.5. The molecule has 0 saturated carbocycles. The minimum absolute atomic E-state index is 0.511. The van der Waals surface area contributed by atoms with Crippen LogP contribution in [0.15, 0.2) is 24.3 Å². The van der Waals surface area contributed by atoms with Gasteiger partial charge in [-0.05, 0) is 45.3 Å². The highest BCUT2D eigenvalue weighted by Gasteiger charge is 2.39. The molecule has 0 atom stereocenters. The van der Waals surface area contributed by atoms with Crippen LogP contribution in [0.4, 0.5) is 10.5 Å².